The quantitative estimate of drug-likeness (QED) is 0.168. The van der Waals surface area contributed by atoms with Crippen LogP contribution >= 0.6 is 11.3 Å². The van der Waals surface area contributed by atoms with Gasteiger partial charge in [0.25, 0.3) is 0 Å². The van der Waals surface area contributed by atoms with Crippen LogP contribution in [-0.4, -0.2) is 0 Å². The maximum absolute atomic E-state index is 8.10. The first-order chi connectivity index (χ1) is 24.7. The van der Waals surface area contributed by atoms with Crippen LogP contribution in [0.25, 0.3) is 97.0 Å². The summed E-state index contributed by atoms with van der Waals surface area (Å²) in [7, 11) is 0. The summed E-state index contributed by atoms with van der Waals surface area (Å²) in [6.45, 7) is 0. The van der Waals surface area contributed by atoms with E-state index in [0.717, 1.165) is 10.8 Å². The average Bonchev–Trinajstić information content (AvgIpc) is 3.57. The van der Waals surface area contributed by atoms with Crippen molar-refractivity contribution in [2.75, 3.05) is 0 Å². The number of thiophene rings is 1. The van der Waals surface area contributed by atoms with Gasteiger partial charge in [0.1, 0.15) is 0 Å². The Morgan fingerprint density at radius 2 is 0.959 bits per heavy atom. The Hall–Kier alpha value is -6.02. The van der Waals surface area contributed by atoms with Crippen LogP contribution in [-0.2, 0) is 0 Å². The third-order valence-electron chi connectivity index (χ3n) is 10.0. The molecule has 0 unspecified atom stereocenters. The van der Waals surface area contributed by atoms with Gasteiger partial charge in [-0.2, -0.15) is 0 Å². The summed E-state index contributed by atoms with van der Waals surface area (Å²) >= 11 is 1.89. The van der Waals surface area contributed by atoms with Crippen molar-refractivity contribution in [1.82, 2.24) is 0 Å². The van der Waals surface area contributed by atoms with Crippen LogP contribution in [0.3, 0.4) is 0 Å². The molecule has 0 amide bonds. The normalized spacial score (nSPS) is 12.0. The zero-order valence-corrected chi connectivity index (χ0v) is 27.5. The molecule has 0 saturated heterocycles. The second-order valence-electron chi connectivity index (χ2n) is 12.7. The van der Waals surface area contributed by atoms with Gasteiger partial charge in [0.2, 0.25) is 0 Å². The first kappa shape index (κ1) is 27.0. The van der Waals surface area contributed by atoms with Crippen molar-refractivity contribution in [2.45, 2.75) is 0 Å². The largest absolute Gasteiger partial charge is 0.135 e. The Kier molecular flexibility index (Phi) is 6.22. The maximum Gasteiger partial charge on any atom is 0.0623 e. The third-order valence-corrected chi connectivity index (χ3v) is 11.2. The van der Waals surface area contributed by atoms with Gasteiger partial charge in [-0.15, -0.1) is 11.3 Å². The monoisotopic (exact) mass is 639 g/mol. The summed E-state index contributed by atoms with van der Waals surface area (Å²) in [5, 5.41) is 9.84. The summed E-state index contributed by atoms with van der Waals surface area (Å²) in [5.74, 6) is 0. The van der Waals surface area contributed by atoms with Gasteiger partial charge in [-0.05, 0) is 89.0 Å². The number of fused-ring (bicyclic) bond motifs is 6. The molecule has 49 heavy (non-hydrogen) atoms. The van der Waals surface area contributed by atoms with E-state index in [9.17, 15) is 0 Å². The fraction of sp³-hybridized carbons (Fsp3) is 0. The molecule has 0 spiro atoms. The topological polar surface area (TPSA) is 0 Å². The SMILES string of the molecule is [2H]c1ccc2cc(-c3ccccc3-c3c4ccccc4c(-c4ccc(-c5ccccc5)c5sc6ccccc6c45)c4ccccc34)ccc2c1. The predicted octanol–water partition coefficient (Wildman–Crippen LogP) is 14.2. The number of hydrogen-bond donors (Lipinski definition) is 0. The Bertz CT molecular complexity index is 2880. The molecule has 0 nitrogen and oxygen atoms in total. The summed E-state index contributed by atoms with van der Waals surface area (Å²) < 4.78 is 10.7. The van der Waals surface area contributed by atoms with Crippen LogP contribution in [0.15, 0.2) is 182 Å². The highest BCUT2D eigenvalue weighted by molar-refractivity contribution is 7.26. The predicted molar refractivity (Wildman–Crippen MR) is 214 cm³/mol. The van der Waals surface area contributed by atoms with Gasteiger partial charge in [0, 0.05) is 20.2 Å². The highest BCUT2D eigenvalue weighted by atomic mass is 32.1. The Morgan fingerprint density at radius 3 is 1.69 bits per heavy atom. The van der Waals surface area contributed by atoms with Crippen molar-refractivity contribution in [1.29, 1.82) is 0 Å². The molecule has 0 bridgehead atoms. The van der Waals surface area contributed by atoms with Gasteiger partial charge >= 0.3 is 0 Å². The van der Waals surface area contributed by atoms with E-state index in [2.05, 4.69) is 164 Å². The molecule has 1 heteroatoms. The molecule has 0 fully saturated rings. The van der Waals surface area contributed by atoms with Crippen molar-refractivity contribution < 1.29 is 1.37 Å². The summed E-state index contributed by atoms with van der Waals surface area (Å²) in [6, 6.07) is 64.1. The lowest BCUT2D eigenvalue weighted by atomic mass is 9.82. The van der Waals surface area contributed by atoms with Crippen molar-refractivity contribution in [3.63, 3.8) is 0 Å². The zero-order chi connectivity index (χ0) is 33.2. The average molecular weight is 640 g/mol. The van der Waals surface area contributed by atoms with Crippen molar-refractivity contribution >= 4 is 63.8 Å². The van der Waals surface area contributed by atoms with Crippen LogP contribution < -0.4 is 0 Å². The van der Waals surface area contributed by atoms with Crippen LogP contribution in [0.2, 0.25) is 0 Å². The molecule has 10 rings (SSSR count). The van der Waals surface area contributed by atoms with E-state index in [0.29, 0.717) is 6.04 Å². The molecule has 0 N–H and O–H groups in total. The molecule has 9 aromatic carbocycles. The molecule has 1 aromatic heterocycles. The van der Waals surface area contributed by atoms with Crippen LogP contribution in [0, 0.1) is 0 Å². The lowest BCUT2D eigenvalue weighted by molar-refractivity contribution is 1.62. The molecule has 0 saturated carbocycles. The van der Waals surface area contributed by atoms with Crippen molar-refractivity contribution in [3.8, 4) is 44.5 Å². The molecule has 0 radical (unpaired) electrons. The standard InChI is InChI=1S/C48H30S/c1-2-15-32(16-3-1)36-28-29-43(47-42-24-12-13-25-44(42)49-48(36)47)46-40-22-10-8-20-38(40)45(39-21-9-11-23-41(39)46)37-19-7-6-18-35(37)34-27-26-31-14-4-5-17-33(31)30-34/h1-30H/i4D. The molecule has 0 aliphatic rings. The van der Waals surface area contributed by atoms with E-state index in [4.69, 9.17) is 1.37 Å². The molecule has 0 atom stereocenters. The van der Waals surface area contributed by atoms with E-state index in [1.165, 1.54) is 86.2 Å². The molecule has 0 aliphatic heterocycles. The lowest BCUT2D eigenvalue weighted by Crippen LogP contribution is -1.93. The van der Waals surface area contributed by atoms with Crippen molar-refractivity contribution in [2.24, 2.45) is 0 Å². The van der Waals surface area contributed by atoms with Gasteiger partial charge in [0.15, 0.2) is 0 Å². The molecular formula is C48H30S. The zero-order valence-electron chi connectivity index (χ0n) is 27.7. The van der Waals surface area contributed by atoms with Crippen LogP contribution in [0.1, 0.15) is 1.37 Å². The van der Waals surface area contributed by atoms with Gasteiger partial charge in [-0.3, -0.25) is 0 Å². The van der Waals surface area contributed by atoms with Gasteiger partial charge in [0.05, 0.1) is 1.37 Å². The van der Waals surface area contributed by atoms with Crippen LogP contribution in [0.5, 0.6) is 0 Å². The van der Waals surface area contributed by atoms with Crippen molar-refractivity contribution in [3.05, 3.63) is 182 Å². The van der Waals surface area contributed by atoms with Gasteiger partial charge in [-0.25, -0.2) is 0 Å². The maximum atomic E-state index is 8.10. The number of benzene rings is 9. The number of hydrogen-bond acceptors (Lipinski definition) is 1. The first-order valence-corrected chi connectivity index (χ1v) is 17.6. The Balaban J connectivity index is 1.29. The van der Waals surface area contributed by atoms with E-state index in [-0.39, 0.29) is 0 Å². The van der Waals surface area contributed by atoms with E-state index in [1.807, 2.05) is 23.5 Å². The fourth-order valence-corrected chi connectivity index (χ4v) is 9.10. The summed E-state index contributed by atoms with van der Waals surface area (Å²) in [5.41, 5.74) is 9.91. The lowest BCUT2D eigenvalue weighted by Gasteiger charge is -2.20. The number of rotatable bonds is 4. The second kappa shape index (κ2) is 11.3. The summed E-state index contributed by atoms with van der Waals surface area (Å²) in [4.78, 5) is 0. The molecule has 10 aromatic rings. The van der Waals surface area contributed by atoms with E-state index < -0.39 is 0 Å². The molecular weight excluding hydrogens is 609 g/mol. The minimum Gasteiger partial charge on any atom is -0.135 e. The second-order valence-corrected chi connectivity index (χ2v) is 13.8. The fourth-order valence-electron chi connectivity index (χ4n) is 7.84. The minimum absolute atomic E-state index is 0.533. The van der Waals surface area contributed by atoms with Gasteiger partial charge in [-0.1, -0.05) is 170 Å². The molecule has 1 heterocycles. The summed E-state index contributed by atoms with van der Waals surface area (Å²) in [6.07, 6.45) is 0. The Morgan fingerprint density at radius 1 is 0.367 bits per heavy atom. The van der Waals surface area contributed by atoms with E-state index in [1.54, 1.807) is 0 Å². The smallest absolute Gasteiger partial charge is 0.0623 e. The highest BCUT2D eigenvalue weighted by Gasteiger charge is 2.22. The van der Waals surface area contributed by atoms with Gasteiger partial charge < -0.3 is 0 Å². The molecule has 228 valence electrons. The third kappa shape index (κ3) is 4.44. The highest BCUT2D eigenvalue weighted by Crippen LogP contribution is 2.50. The molecule has 0 aliphatic carbocycles. The first-order valence-electron chi connectivity index (χ1n) is 17.3. The van der Waals surface area contributed by atoms with Crippen LogP contribution in [0.4, 0.5) is 0 Å². The van der Waals surface area contributed by atoms with E-state index >= 15 is 0 Å². The minimum atomic E-state index is 0.533. The Labute approximate surface area is 290 Å².